The van der Waals surface area contributed by atoms with Crippen LogP contribution < -0.4 is 0 Å². The third-order valence-electron chi connectivity index (χ3n) is 0.695. The number of hydrogen-bond donors (Lipinski definition) is 0. The van der Waals surface area contributed by atoms with Gasteiger partial charge in [0, 0.05) is 22.2 Å². The minimum Gasteiger partial charge on any atom is -0.312 e. The molecule has 13 heavy (non-hydrogen) atoms. The van der Waals surface area contributed by atoms with Crippen molar-refractivity contribution in [3.8, 4) is 0 Å². The van der Waals surface area contributed by atoms with E-state index in [2.05, 4.69) is 4.52 Å². The van der Waals surface area contributed by atoms with E-state index in [-0.39, 0.29) is 38.1 Å². The topological polar surface area (TPSA) is 35.5 Å². The molecule has 85 valence electrons. The van der Waals surface area contributed by atoms with Crippen molar-refractivity contribution in [3.05, 3.63) is 0 Å². The lowest BCUT2D eigenvalue weighted by Gasteiger charge is -2.07. The molecule has 0 aliphatic carbocycles. The Hall–Kier alpha value is 0.215. The van der Waals surface area contributed by atoms with Crippen molar-refractivity contribution >= 4 is 16.0 Å². The summed E-state index contributed by atoms with van der Waals surface area (Å²) in [4.78, 5) is 0. The highest BCUT2D eigenvalue weighted by molar-refractivity contribution is 7.52. The van der Waals surface area contributed by atoms with E-state index in [1.54, 1.807) is 6.92 Å². The van der Waals surface area contributed by atoms with Crippen molar-refractivity contribution in [2.75, 3.05) is 20.4 Å². The second-order valence-electron chi connectivity index (χ2n) is 1.37. The molecule has 1 atom stereocenters. The first kappa shape index (κ1) is 37.9. The maximum absolute atomic E-state index is 10.7. The van der Waals surface area contributed by atoms with E-state index in [1.807, 2.05) is 0 Å². The molecule has 0 aromatic heterocycles. The molecular formula is C8H27BO3P. The molecule has 1 unspecified atom stereocenters. The van der Waals surface area contributed by atoms with Crippen LogP contribution >= 0.6 is 7.60 Å². The van der Waals surface area contributed by atoms with Crippen LogP contribution in [0.15, 0.2) is 0 Å². The van der Waals surface area contributed by atoms with Crippen LogP contribution in [0, 0.1) is 0 Å². The largest absolute Gasteiger partial charge is 0.327 e. The van der Waals surface area contributed by atoms with Crippen LogP contribution in [0.1, 0.15) is 36.6 Å². The zero-order valence-corrected chi connectivity index (χ0v) is 6.85. The Kier molecular flexibility index (Phi) is 52.7. The summed E-state index contributed by atoms with van der Waals surface area (Å²) in [5.74, 6) is 0. The summed E-state index contributed by atoms with van der Waals surface area (Å²) >= 11 is 0. The molecule has 0 aliphatic heterocycles. The zero-order valence-electron chi connectivity index (χ0n) is 5.96. The molecule has 0 saturated heterocycles. The van der Waals surface area contributed by atoms with E-state index in [9.17, 15) is 4.57 Å². The van der Waals surface area contributed by atoms with Gasteiger partial charge in [0.15, 0.2) is 0 Å². The van der Waals surface area contributed by atoms with Crippen molar-refractivity contribution in [1.29, 1.82) is 0 Å². The molecule has 0 rings (SSSR count). The standard InChI is InChI=1S/C4H11O3P.4CH4.B/c1-4-7-8(3,5)6-2;;;;;/h4H2,1-3H3;4*1H4;. The Morgan fingerprint density at radius 3 is 1.54 bits per heavy atom. The van der Waals surface area contributed by atoms with Crippen LogP contribution in [0.2, 0.25) is 0 Å². The summed E-state index contributed by atoms with van der Waals surface area (Å²) in [7, 11) is -1.30. The molecule has 0 aliphatic rings. The van der Waals surface area contributed by atoms with E-state index in [1.165, 1.54) is 13.8 Å². The van der Waals surface area contributed by atoms with Gasteiger partial charge in [-0.25, -0.2) is 0 Å². The van der Waals surface area contributed by atoms with Gasteiger partial charge in [-0.2, -0.15) is 0 Å². The number of rotatable bonds is 3. The molecule has 0 aromatic rings. The van der Waals surface area contributed by atoms with Crippen molar-refractivity contribution in [2.45, 2.75) is 36.6 Å². The maximum Gasteiger partial charge on any atom is 0.327 e. The fourth-order valence-corrected chi connectivity index (χ4v) is 0.862. The Morgan fingerprint density at radius 2 is 1.46 bits per heavy atom. The summed E-state index contributed by atoms with van der Waals surface area (Å²) in [6, 6.07) is 0. The lowest BCUT2D eigenvalue weighted by atomic mass is 10.8. The molecule has 0 amide bonds. The Morgan fingerprint density at radius 1 is 1.15 bits per heavy atom. The highest BCUT2D eigenvalue weighted by atomic mass is 31.2. The Bertz CT molecular complexity index is 110. The Balaban J connectivity index is -0.0000000245. The molecule has 5 heteroatoms. The molecule has 0 saturated carbocycles. The van der Waals surface area contributed by atoms with E-state index in [4.69, 9.17) is 4.52 Å². The van der Waals surface area contributed by atoms with Crippen molar-refractivity contribution in [2.24, 2.45) is 0 Å². The highest BCUT2D eigenvalue weighted by Gasteiger charge is 2.11. The molecular weight excluding hydrogens is 186 g/mol. The first-order chi connectivity index (χ1) is 3.62. The molecule has 0 fully saturated rings. The molecule has 0 bridgehead atoms. The summed E-state index contributed by atoms with van der Waals surface area (Å²) in [5.41, 5.74) is 0. The fraction of sp³-hybridized carbons (Fsp3) is 1.00. The molecule has 0 aromatic carbocycles. The second kappa shape index (κ2) is 18.1. The quantitative estimate of drug-likeness (QED) is 0.530. The van der Waals surface area contributed by atoms with E-state index in [0.717, 1.165) is 0 Å². The molecule has 3 radical (unpaired) electrons. The van der Waals surface area contributed by atoms with Gasteiger partial charge < -0.3 is 9.05 Å². The predicted molar refractivity (Wildman–Crippen MR) is 64.8 cm³/mol. The van der Waals surface area contributed by atoms with Gasteiger partial charge in [-0.15, -0.1) is 0 Å². The van der Waals surface area contributed by atoms with Crippen LogP contribution in [0.25, 0.3) is 0 Å². The first-order valence-electron chi connectivity index (χ1n) is 2.40. The second-order valence-corrected chi connectivity index (χ2v) is 3.54. The van der Waals surface area contributed by atoms with Crippen LogP contribution in [-0.4, -0.2) is 28.8 Å². The molecule has 3 nitrogen and oxygen atoms in total. The van der Waals surface area contributed by atoms with Gasteiger partial charge in [0.05, 0.1) is 6.61 Å². The predicted octanol–water partition coefficient (Wildman–Crippen LogP) is 3.66. The van der Waals surface area contributed by atoms with Crippen LogP contribution in [-0.2, 0) is 13.6 Å². The monoisotopic (exact) mass is 213 g/mol. The minimum atomic E-state index is -2.67. The zero-order chi connectivity index (χ0) is 6.62. The van der Waals surface area contributed by atoms with Crippen LogP contribution in [0.3, 0.4) is 0 Å². The fourth-order valence-electron chi connectivity index (χ4n) is 0.287. The van der Waals surface area contributed by atoms with Gasteiger partial charge in [-0.1, -0.05) is 29.7 Å². The summed E-state index contributed by atoms with van der Waals surface area (Å²) < 4.78 is 20.0. The third kappa shape index (κ3) is 24.5. The van der Waals surface area contributed by atoms with Gasteiger partial charge >= 0.3 is 7.60 Å². The van der Waals surface area contributed by atoms with Crippen LogP contribution in [0.4, 0.5) is 0 Å². The van der Waals surface area contributed by atoms with Gasteiger partial charge in [-0.3, -0.25) is 4.57 Å². The highest BCUT2D eigenvalue weighted by Crippen LogP contribution is 2.41. The average Bonchev–Trinajstić information content (AvgIpc) is 1.67. The third-order valence-corrected chi connectivity index (χ3v) is 2.09. The van der Waals surface area contributed by atoms with Crippen LogP contribution in [0.5, 0.6) is 0 Å². The summed E-state index contributed by atoms with van der Waals surface area (Å²) in [5, 5.41) is 0. The van der Waals surface area contributed by atoms with Gasteiger partial charge in [0.2, 0.25) is 0 Å². The van der Waals surface area contributed by atoms with Crippen molar-refractivity contribution in [3.63, 3.8) is 0 Å². The lowest BCUT2D eigenvalue weighted by Crippen LogP contribution is -1.88. The maximum atomic E-state index is 10.7. The summed E-state index contributed by atoms with van der Waals surface area (Å²) in [6.45, 7) is 3.65. The molecule has 0 spiro atoms. The minimum absolute atomic E-state index is 0. The number of hydrogen-bond acceptors (Lipinski definition) is 3. The van der Waals surface area contributed by atoms with Gasteiger partial charge in [0.25, 0.3) is 0 Å². The lowest BCUT2D eigenvalue weighted by molar-refractivity contribution is 0.250. The molecule has 0 N–H and O–H groups in total. The Labute approximate surface area is 87.3 Å². The smallest absolute Gasteiger partial charge is 0.312 e. The van der Waals surface area contributed by atoms with Gasteiger partial charge in [0.1, 0.15) is 0 Å². The van der Waals surface area contributed by atoms with E-state index in [0.29, 0.717) is 6.61 Å². The van der Waals surface area contributed by atoms with E-state index >= 15 is 0 Å². The van der Waals surface area contributed by atoms with E-state index < -0.39 is 7.60 Å². The average molecular weight is 213 g/mol. The first-order valence-corrected chi connectivity index (χ1v) is 4.39. The van der Waals surface area contributed by atoms with Crippen molar-refractivity contribution in [1.82, 2.24) is 0 Å². The molecule has 0 heterocycles. The van der Waals surface area contributed by atoms with Gasteiger partial charge in [-0.05, 0) is 6.92 Å². The SMILES string of the molecule is C.C.C.C.CCOP(C)(=O)OC.[B]. The van der Waals surface area contributed by atoms with Crippen molar-refractivity contribution < 1.29 is 13.6 Å². The summed E-state index contributed by atoms with van der Waals surface area (Å²) in [6.07, 6.45) is 0. The normalized spacial score (nSPS) is 11.0.